The van der Waals surface area contributed by atoms with Crippen LogP contribution in [0.3, 0.4) is 0 Å². The third-order valence-electron chi connectivity index (χ3n) is 5.12. The maximum atomic E-state index is 12.5. The van der Waals surface area contributed by atoms with Crippen molar-refractivity contribution in [2.45, 2.75) is 6.67 Å². The van der Waals surface area contributed by atoms with Crippen molar-refractivity contribution < 1.29 is 0 Å². The predicted molar refractivity (Wildman–Crippen MR) is 105 cm³/mol. The van der Waals surface area contributed by atoms with Crippen molar-refractivity contribution in [1.82, 2.24) is 23.6 Å². The molecule has 0 saturated carbocycles. The Morgan fingerprint density at radius 2 is 1.81 bits per heavy atom. The van der Waals surface area contributed by atoms with Gasteiger partial charge in [-0.1, -0.05) is 17.7 Å². The number of rotatable bonds is 3. The molecule has 142 valence electrons. The quantitative estimate of drug-likeness (QED) is 0.666. The number of fused-ring (bicyclic) bond motifs is 1. The third kappa shape index (κ3) is 3.15. The molecule has 0 amide bonds. The summed E-state index contributed by atoms with van der Waals surface area (Å²) in [7, 11) is 3.12. The van der Waals surface area contributed by atoms with Gasteiger partial charge in [-0.15, -0.1) is 0 Å². The minimum Gasteiger partial charge on any atom is -0.369 e. The number of benzene rings is 1. The first kappa shape index (κ1) is 17.8. The molecule has 1 aliphatic heterocycles. The van der Waals surface area contributed by atoms with Crippen LogP contribution >= 0.6 is 11.6 Å². The highest BCUT2D eigenvalue weighted by Crippen LogP contribution is 2.21. The van der Waals surface area contributed by atoms with Crippen LogP contribution in [-0.2, 0) is 20.8 Å². The molecule has 1 fully saturated rings. The van der Waals surface area contributed by atoms with Gasteiger partial charge in [0.25, 0.3) is 5.56 Å². The van der Waals surface area contributed by atoms with Gasteiger partial charge < -0.3 is 9.47 Å². The van der Waals surface area contributed by atoms with Crippen molar-refractivity contribution in [3.05, 3.63) is 56.5 Å². The molecular weight excluding hydrogens is 368 g/mol. The highest BCUT2D eigenvalue weighted by atomic mass is 35.5. The van der Waals surface area contributed by atoms with Gasteiger partial charge in [0.05, 0.1) is 13.0 Å². The van der Waals surface area contributed by atoms with E-state index in [1.807, 2.05) is 22.8 Å². The lowest BCUT2D eigenvalue weighted by Crippen LogP contribution is -2.47. The average Bonchev–Trinajstić information content (AvgIpc) is 3.09. The number of halogens is 1. The van der Waals surface area contributed by atoms with Crippen LogP contribution in [-0.4, -0.2) is 49.8 Å². The topological polar surface area (TPSA) is 68.3 Å². The molecular formula is C18H21ClN6O2. The zero-order valence-electron chi connectivity index (χ0n) is 15.3. The van der Waals surface area contributed by atoms with Crippen molar-refractivity contribution in [3.8, 4) is 0 Å². The molecule has 0 unspecified atom stereocenters. The fourth-order valence-corrected chi connectivity index (χ4v) is 3.72. The molecule has 1 aliphatic rings. The molecule has 1 aromatic carbocycles. The molecule has 27 heavy (non-hydrogen) atoms. The van der Waals surface area contributed by atoms with Gasteiger partial charge in [-0.3, -0.25) is 18.8 Å². The van der Waals surface area contributed by atoms with Crippen molar-refractivity contribution in [2.24, 2.45) is 14.1 Å². The SMILES string of the molecule is Cn1c(=O)c2c(ncn2CN2CCN(c3cccc(Cl)c3)CC2)n(C)c1=O. The summed E-state index contributed by atoms with van der Waals surface area (Å²) < 4.78 is 4.36. The molecule has 0 spiro atoms. The van der Waals surface area contributed by atoms with E-state index in [1.54, 1.807) is 13.4 Å². The fraction of sp³-hybridized carbons (Fsp3) is 0.389. The third-order valence-corrected chi connectivity index (χ3v) is 5.35. The van der Waals surface area contributed by atoms with Gasteiger partial charge in [-0.2, -0.15) is 0 Å². The number of anilines is 1. The Bertz CT molecular complexity index is 1110. The number of aryl methyl sites for hydroxylation is 1. The normalized spacial score (nSPS) is 15.6. The van der Waals surface area contributed by atoms with Crippen LogP contribution in [0.15, 0.2) is 40.2 Å². The molecule has 3 aromatic rings. The highest BCUT2D eigenvalue weighted by molar-refractivity contribution is 6.30. The van der Waals surface area contributed by atoms with Crippen LogP contribution < -0.4 is 16.1 Å². The van der Waals surface area contributed by atoms with Crippen molar-refractivity contribution in [2.75, 3.05) is 31.1 Å². The number of hydrogen-bond donors (Lipinski definition) is 0. The Labute approximate surface area is 160 Å². The molecule has 1 saturated heterocycles. The Kier molecular flexibility index (Phi) is 4.53. The molecule has 0 aliphatic carbocycles. The summed E-state index contributed by atoms with van der Waals surface area (Å²) in [6, 6.07) is 7.88. The highest BCUT2D eigenvalue weighted by Gasteiger charge is 2.20. The summed E-state index contributed by atoms with van der Waals surface area (Å²) in [4.78, 5) is 33.4. The fourth-order valence-electron chi connectivity index (χ4n) is 3.54. The van der Waals surface area contributed by atoms with Gasteiger partial charge in [-0.25, -0.2) is 9.78 Å². The number of hydrogen-bond acceptors (Lipinski definition) is 5. The lowest BCUT2D eigenvalue weighted by atomic mass is 10.2. The zero-order valence-corrected chi connectivity index (χ0v) is 16.1. The van der Waals surface area contributed by atoms with E-state index in [1.165, 1.54) is 11.6 Å². The standard InChI is InChI=1S/C18H21ClN6O2/c1-21-16-15(17(26)22(2)18(21)27)25(11-20-16)12-23-6-8-24(9-7-23)14-5-3-4-13(19)10-14/h3-5,10-11H,6-9,12H2,1-2H3. The van der Waals surface area contributed by atoms with Crippen LogP contribution in [0.2, 0.25) is 5.02 Å². The van der Waals surface area contributed by atoms with Crippen LogP contribution in [0.5, 0.6) is 0 Å². The summed E-state index contributed by atoms with van der Waals surface area (Å²) in [6.07, 6.45) is 1.63. The zero-order chi connectivity index (χ0) is 19.1. The summed E-state index contributed by atoms with van der Waals surface area (Å²) >= 11 is 6.09. The molecule has 0 N–H and O–H groups in total. The van der Waals surface area contributed by atoms with Gasteiger partial charge in [0.2, 0.25) is 0 Å². The van der Waals surface area contributed by atoms with E-state index in [-0.39, 0.29) is 11.2 Å². The van der Waals surface area contributed by atoms with E-state index in [4.69, 9.17) is 11.6 Å². The Morgan fingerprint density at radius 1 is 1.07 bits per heavy atom. The summed E-state index contributed by atoms with van der Waals surface area (Å²) in [6.45, 7) is 4.04. The molecule has 0 atom stereocenters. The maximum Gasteiger partial charge on any atom is 0.332 e. The van der Waals surface area contributed by atoms with Crippen LogP contribution in [0.1, 0.15) is 0 Å². The molecule has 3 heterocycles. The first-order valence-electron chi connectivity index (χ1n) is 8.79. The Morgan fingerprint density at radius 3 is 2.52 bits per heavy atom. The monoisotopic (exact) mass is 388 g/mol. The molecule has 4 rings (SSSR count). The summed E-state index contributed by atoms with van der Waals surface area (Å²) in [5.74, 6) is 0. The lowest BCUT2D eigenvalue weighted by Gasteiger charge is -2.36. The number of nitrogens with zero attached hydrogens (tertiary/aromatic N) is 6. The van der Waals surface area contributed by atoms with E-state index in [9.17, 15) is 9.59 Å². The first-order valence-corrected chi connectivity index (χ1v) is 9.17. The van der Waals surface area contributed by atoms with Gasteiger partial charge in [0.15, 0.2) is 11.2 Å². The van der Waals surface area contributed by atoms with Crippen LogP contribution in [0, 0.1) is 0 Å². The van der Waals surface area contributed by atoms with Crippen LogP contribution in [0.25, 0.3) is 11.2 Å². The molecule has 0 bridgehead atoms. The second-order valence-corrected chi connectivity index (χ2v) is 7.26. The summed E-state index contributed by atoms with van der Waals surface area (Å²) in [5, 5.41) is 0.737. The Balaban J connectivity index is 1.53. The second-order valence-electron chi connectivity index (χ2n) is 6.82. The first-order chi connectivity index (χ1) is 13.0. The predicted octanol–water partition coefficient (Wildman–Crippen LogP) is 0.867. The Hall–Kier alpha value is -2.58. The molecule has 0 radical (unpaired) electrons. The van der Waals surface area contributed by atoms with Crippen molar-refractivity contribution in [1.29, 1.82) is 0 Å². The van der Waals surface area contributed by atoms with Gasteiger partial charge in [0, 0.05) is 51.0 Å². The van der Waals surface area contributed by atoms with E-state index in [0.29, 0.717) is 17.8 Å². The van der Waals surface area contributed by atoms with Gasteiger partial charge in [0.1, 0.15) is 0 Å². The maximum absolute atomic E-state index is 12.5. The molecule has 2 aromatic heterocycles. The van der Waals surface area contributed by atoms with Crippen LogP contribution in [0.4, 0.5) is 5.69 Å². The largest absolute Gasteiger partial charge is 0.369 e. The second kappa shape index (κ2) is 6.86. The smallest absolute Gasteiger partial charge is 0.332 e. The molecule has 9 heteroatoms. The van der Waals surface area contributed by atoms with E-state index in [0.717, 1.165) is 41.5 Å². The molecule has 8 nitrogen and oxygen atoms in total. The van der Waals surface area contributed by atoms with Crippen molar-refractivity contribution >= 4 is 28.5 Å². The van der Waals surface area contributed by atoms with E-state index >= 15 is 0 Å². The number of aromatic nitrogens is 4. The average molecular weight is 389 g/mol. The van der Waals surface area contributed by atoms with Gasteiger partial charge >= 0.3 is 5.69 Å². The minimum absolute atomic E-state index is 0.317. The van der Waals surface area contributed by atoms with Crippen molar-refractivity contribution in [3.63, 3.8) is 0 Å². The van der Waals surface area contributed by atoms with Gasteiger partial charge in [-0.05, 0) is 18.2 Å². The van der Waals surface area contributed by atoms with E-state index in [2.05, 4.69) is 20.9 Å². The minimum atomic E-state index is -0.368. The number of piperazine rings is 1. The van der Waals surface area contributed by atoms with E-state index < -0.39 is 0 Å². The number of imidazole rings is 1. The lowest BCUT2D eigenvalue weighted by molar-refractivity contribution is 0.208. The summed E-state index contributed by atoms with van der Waals surface area (Å²) in [5.41, 5.74) is 1.31.